The predicted molar refractivity (Wildman–Crippen MR) is 98.8 cm³/mol. The molecule has 2 N–H and O–H groups in total. The van der Waals surface area contributed by atoms with E-state index in [1.807, 2.05) is 12.2 Å². The fourth-order valence-corrected chi connectivity index (χ4v) is 4.08. The maximum absolute atomic E-state index is 12.0. The molecule has 1 amide bonds. The number of amides is 1. The molecule has 1 saturated heterocycles. The summed E-state index contributed by atoms with van der Waals surface area (Å²) < 4.78 is 11.9. The number of carbonyl (C=O) groups is 2. The summed E-state index contributed by atoms with van der Waals surface area (Å²) in [5, 5.41) is 18.6. The van der Waals surface area contributed by atoms with Crippen molar-refractivity contribution in [1.82, 2.24) is 4.90 Å². The van der Waals surface area contributed by atoms with Crippen molar-refractivity contribution >= 4 is 23.1 Å². The van der Waals surface area contributed by atoms with Crippen LogP contribution in [0.3, 0.4) is 0 Å². The molecule has 2 unspecified atom stereocenters. The fraction of sp³-hybridized carbons (Fsp3) is 0.778. The number of carboxylic acids is 1. The highest BCUT2D eigenvalue weighted by Crippen LogP contribution is 2.23. The molecule has 0 aromatic heterocycles. The van der Waals surface area contributed by atoms with Crippen LogP contribution in [0.4, 0.5) is 0 Å². The SMILES string of the molecule is CC/C=C/CC(O)CC[C@@H]1CCC(=O)N1CC[S+]([O-])CCCC(=O)O. The number of hydrogen-bond acceptors (Lipinski definition) is 4. The maximum Gasteiger partial charge on any atom is 0.303 e. The van der Waals surface area contributed by atoms with Crippen molar-refractivity contribution in [3.8, 4) is 0 Å². The summed E-state index contributed by atoms with van der Waals surface area (Å²) in [7, 11) is 0. The van der Waals surface area contributed by atoms with Crippen LogP contribution in [0.1, 0.15) is 58.3 Å². The molecule has 25 heavy (non-hydrogen) atoms. The van der Waals surface area contributed by atoms with Crippen molar-refractivity contribution in [2.75, 3.05) is 18.1 Å². The van der Waals surface area contributed by atoms with Gasteiger partial charge in [0.05, 0.1) is 12.6 Å². The Morgan fingerprint density at radius 2 is 2.20 bits per heavy atom. The van der Waals surface area contributed by atoms with E-state index in [4.69, 9.17) is 5.11 Å². The summed E-state index contributed by atoms with van der Waals surface area (Å²) in [6, 6.07) is 0.119. The number of aliphatic carboxylic acids is 1. The summed E-state index contributed by atoms with van der Waals surface area (Å²) in [5.74, 6) is -0.0301. The Balaban J connectivity index is 2.31. The lowest BCUT2D eigenvalue weighted by atomic mass is 10.0. The van der Waals surface area contributed by atoms with Crippen molar-refractivity contribution in [3.05, 3.63) is 12.2 Å². The lowest BCUT2D eigenvalue weighted by Gasteiger charge is -2.26. The molecule has 0 radical (unpaired) electrons. The standard InChI is InChI=1S/C18H31NO5S/c1-2-3-4-6-16(20)10-8-15-9-11-17(21)19(15)12-14-25(24)13-5-7-18(22)23/h3-4,15-16,20H,2,5-14H2,1H3,(H,22,23)/b4-3+/t15-,16?,25?/m1/s1. The van der Waals surface area contributed by atoms with Gasteiger partial charge < -0.3 is 19.7 Å². The highest BCUT2D eigenvalue weighted by atomic mass is 32.2. The number of likely N-dealkylation sites (tertiary alicyclic amines) is 1. The van der Waals surface area contributed by atoms with Gasteiger partial charge in [-0.15, -0.1) is 0 Å². The van der Waals surface area contributed by atoms with Crippen LogP contribution in [0.2, 0.25) is 0 Å². The molecule has 1 fully saturated rings. The van der Waals surface area contributed by atoms with E-state index in [2.05, 4.69) is 6.92 Å². The number of nitrogens with zero attached hydrogens (tertiary/aromatic N) is 1. The van der Waals surface area contributed by atoms with Crippen LogP contribution >= 0.6 is 0 Å². The molecule has 0 saturated carbocycles. The van der Waals surface area contributed by atoms with E-state index in [1.165, 1.54) is 0 Å². The lowest BCUT2D eigenvalue weighted by Crippen LogP contribution is -2.37. The van der Waals surface area contributed by atoms with E-state index < -0.39 is 17.1 Å². The van der Waals surface area contributed by atoms with Crippen molar-refractivity contribution < 1.29 is 24.4 Å². The summed E-state index contributed by atoms with van der Waals surface area (Å²) in [4.78, 5) is 24.3. The molecule has 1 rings (SSSR count). The second-order valence-electron chi connectivity index (χ2n) is 6.47. The molecule has 3 atom stereocenters. The average Bonchev–Trinajstić information content (AvgIpc) is 2.91. The van der Waals surface area contributed by atoms with E-state index in [0.717, 1.165) is 19.3 Å². The van der Waals surface area contributed by atoms with Gasteiger partial charge in [0, 0.05) is 25.3 Å². The minimum Gasteiger partial charge on any atom is -0.616 e. The van der Waals surface area contributed by atoms with Crippen LogP contribution in [-0.4, -0.2) is 61.7 Å². The van der Waals surface area contributed by atoms with Gasteiger partial charge in [0.2, 0.25) is 5.91 Å². The Kier molecular flexibility index (Phi) is 10.8. The zero-order valence-electron chi connectivity index (χ0n) is 15.1. The molecular formula is C18H31NO5S. The highest BCUT2D eigenvalue weighted by molar-refractivity contribution is 7.91. The largest absolute Gasteiger partial charge is 0.616 e. The minimum absolute atomic E-state index is 0.0291. The quantitative estimate of drug-likeness (QED) is 0.380. The van der Waals surface area contributed by atoms with E-state index in [0.29, 0.717) is 43.7 Å². The number of aliphatic hydroxyl groups excluding tert-OH is 1. The van der Waals surface area contributed by atoms with Gasteiger partial charge in [0.15, 0.2) is 0 Å². The first-order chi connectivity index (χ1) is 11.9. The smallest absolute Gasteiger partial charge is 0.303 e. The van der Waals surface area contributed by atoms with Gasteiger partial charge in [-0.05, 0) is 32.1 Å². The van der Waals surface area contributed by atoms with Crippen LogP contribution in [0.5, 0.6) is 0 Å². The molecule has 1 heterocycles. The van der Waals surface area contributed by atoms with Gasteiger partial charge in [-0.25, -0.2) is 0 Å². The van der Waals surface area contributed by atoms with Gasteiger partial charge in [-0.2, -0.15) is 0 Å². The van der Waals surface area contributed by atoms with Gasteiger partial charge in [-0.3, -0.25) is 9.59 Å². The normalized spacial score (nSPS) is 20.4. The first kappa shape index (κ1) is 22.0. The number of hydrogen-bond donors (Lipinski definition) is 2. The number of allylic oxidation sites excluding steroid dienone is 1. The molecule has 1 aliphatic heterocycles. The molecule has 7 heteroatoms. The summed E-state index contributed by atoms with van der Waals surface area (Å²) in [6.07, 6.45) is 8.40. The minimum atomic E-state index is -1.10. The molecule has 1 aliphatic rings. The Bertz CT molecular complexity index is 443. The Morgan fingerprint density at radius 1 is 1.44 bits per heavy atom. The van der Waals surface area contributed by atoms with Crippen molar-refractivity contribution in [2.45, 2.75) is 70.4 Å². The van der Waals surface area contributed by atoms with Crippen molar-refractivity contribution in [2.24, 2.45) is 0 Å². The van der Waals surface area contributed by atoms with Gasteiger partial charge in [0.25, 0.3) is 0 Å². The highest BCUT2D eigenvalue weighted by Gasteiger charge is 2.31. The van der Waals surface area contributed by atoms with E-state index in [-0.39, 0.29) is 24.5 Å². The van der Waals surface area contributed by atoms with Crippen LogP contribution < -0.4 is 0 Å². The second-order valence-corrected chi connectivity index (χ2v) is 8.17. The maximum atomic E-state index is 12.0. The molecule has 0 bridgehead atoms. The van der Waals surface area contributed by atoms with E-state index in [1.54, 1.807) is 4.90 Å². The Labute approximate surface area is 153 Å². The molecule has 0 aromatic carbocycles. The zero-order valence-corrected chi connectivity index (χ0v) is 15.9. The zero-order chi connectivity index (χ0) is 18.7. The Hall–Kier alpha value is -1.05. The molecule has 0 aromatic rings. The topological polar surface area (TPSA) is 101 Å². The fourth-order valence-electron chi connectivity index (χ4n) is 3.01. The third-order valence-electron chi connectivity index (χ3n) is 4.42. The molecule has 144 valence electrons. The first-order valence-corrected chi connectivity index (χ1v) is 10.6. The van der Waals surface area contributed by atoms with Crippen molar-refractivity contribution in [1.29, 1.82) is 0 Å². The number of rotatable bonds is 13. The Morgan fingerprint density at radius 3 is 2.88 bits per heavy atom. The van der Waals surface area contributed by atoms with E-state index in [9.17, 15) is 19.2 Å². The van der Waals surface area contributed by atoms with Crippen LogP contribution in [0.25, 0.3) is 0 Å². The number of carboxylic acid groups (broad SMARTS) is 1. The van der Waals surface area contributed by atoms with E-state index >= 15 is 0 Å². The summed E-state index contributed by atoms with van der Waals surface area (Å²) in [6.45, 7) is 2.51. The molecular weight excluding hydrogens is 342 g/mol. The predicted octanol–water partition coefficient (Wildman–Crippen LogP) is 2.09. The monoisotopic (exact) mass is 373 g/mol. The average molecular weight is 374 g/mol. The van der Waals surface area contributed by atoms with Crippen molar-refractivity contribution in [3.63, 3.8) is 0 Å². The van der Waals surface area contributed by atoms with Crippen LogP contribution in [0, 0.1) is 0 Å². The second kappa shape index (κ2) is 12.3. The molecule has 6 nitrogen and oxygen atoms in total. The lowest BCUT2D eigenvalue weighted by molar-refractivity contribution is -0.137. The molecule has 0 aliphatic carbocycles. The van der Waals surface area contributed by atoms with Gasteiger partial charge in [0.1, 0.15) is 11.5 Å². The number of carbonyl (C=O) groups excluding carboxylic acids is 1. The van der Waals surface area contributed by atoms with Gasteiger partial charge in [-0.1, -0.05) is 30.3 Å². The first-order valence-electron chi connectivity index (χ1n) is 9.13. The third-order valence-corrected chi connectivity index (χ3v) is 5.80. The summed E-state index contributed by atoms with van der Waals surface area (Å²) in [5.41, 5.74) is 0. The number of aliphatic hydroxyl groups is 1. The van der Waals surface area contributed by atoms with Gasteiger partial charge >= 0.3 is 5.97 Å². The third kappa shape index (κ3) is 9.28. The summed E-state index contributed by atoms with van der Waals surface area (Å²) >= 11 is -1.10. The van der Waals surface area contributed by atoms with Crippen LogP contribution in [-0.2, 0) is 20.8 Å². The molecule has 0 spiro atoms. The van der Waals surface area contributed by atoms with Crippen LogP contribution in [0.15, 0.2) is 12.2 Å².